The van der Waals surface area contributed by atoms with Crippen molar-refractivity contribution in [2.45, 2.75) is 25.9 Å². The highest BCUT2D eigenvalue weighted by atomic mass is 127. The van der Waals surface area contributed by atoms with Gasteiger partial charge in [-0.05, 0) is 24.2 Å². The molecule has 0 radical (unpaired) electrons. The summed E-state index contributed by atoms with van der Waals surface area (Å²) < 4.78 is 6.82. The third-order valence-corrected chi connectivity index (χ3v) is 3.99. The zero-order valence-electron chi connectivity index (χ0n) is 6.27. The van der Waals surface area contributed by atoms with Crippen LogP contribution in [0.25, 0.3) is 0 Å². The van der Waals surface area contributed by atoms with Gasteiger partial charge in [0, 0.05) is 4.43 Å². The fourth-order valence-electron chi connectivity index (χ4n) is 1.99. The van der Waals surface area contributed by atoms with Crippen LogP contribution in [0.3, 0.4) is 0 Å². The van der Waals surface area contributed by atoms with Crippen LogP contribution in [-0.4, -0.2) is 17.1 Å². The van der Waals surface area contributed by atoms with E-state index in [1.165, 1.54) is 17.3 Å². The molecular weight excluding hydrogens is 239 g/mol. The molecule has 0 aromatic carbocycles. The predicted octanol–water partition coefficient (Wildman–Crippen LogP) is 2.24. The summed E-state index contributed by atoms with van der Waals surface area (Å²) in [6.07, 6.45) is 3.32. The van der Waals surface area contributed by atoms with Crippen LogP contribution >= 0.6 is 22.6 Å². The number of hydrogen-bond donors (Lipinski definition) is 0. The first kappa shape index (κ1) is 7.35. The van der Waals surface area contributed by atoms with Crippen LogP contribution in [0.4, 0.5) is 0 Å². The van der Waals surface area contributed by atoms with Gasteiger partial charge in [-0.3, -0.25) is 0 Å². The highest BCUT2D eigenvalue weighted by Gasteiger charge is 2.55. The Morgan fingerprint density at radius 2 is 2.30 bits per heavy atom. The van der Waals surface area contributed by atoms with Crippen molar-refractivity contribution in [3.8, 4) is 0 Å². The quantitative estimate of drug-likeness (QED) is 0.513. The Balaban J connectivity index is 1.95. The number of rotatable bonds is 1. The van der Waals surface area contributed by atoms with Gasteiger partial charge in [0.25, 0.3) is 0 Å². The highest BCUT2D eigenvalue weighted by Crippen LogP contribution is 2.59. The van der Waals surface area contributed by atoms with E-state index < -0.39 is 0 Å². The summed E-state index contributed by atoms with van der Waals surface area (Å²) in [6, 6.07) is 0. The van der Waals surface area contributed by atoms with Gasteiger partial charge in [-0.2, -0.15) is 0 Å². The largest absolute Gasteiger partial charge is 0.377 e. The van der Waals surface area contributed by atoms with Crippen molar-refractivity contribution in [3.63, 3.8) is 0 Å². The third-order valence-electron chi connectivity index (χ3n) is 3.01. The van der Waals surface area contributed by atoms with Gasteiger partial charge in [-0.1, -0.05) is 29.5 Å². The summed E-state index contributed by atoms with van der Waals surface area (Å²) in [6.45, 7) is 3.39. The van der Waals surface area contributed by atoms with Crippen LogP contribution in [0.15, 0.2) is 0 Å². The Kier molecular flexibility index (Phi) is 1.72. The van der Waals surface area contributed by atoms with E-state index in [9.17, 15) is 0 Å². The number of hydrogen-bond acceptors (Lipinski definition) is 1. The number of ether oxygens (including phenoxy) is 1. The minimum absolute atomic E-state index is 0.575. The molecule has 1 aliphatic carbocycles. The maximum absolute atomic E-state index is 5.64. The molecule has 2 aliphatic rings. The SMILES string of the molecule is C[C@@H]1C[C@]12CO[C@@H](CI)C2. The van der Waals surface area contributed by atoms with Crippen LogP contribution in [-0.2, 0) is 4.74 Å². The molecule has 0 amide bonds. The molecule has 10 heavy (non-hydrogen) atoms. The molecule has 3 atom stereocenters. The van der Waals surface area contributed by atoms with Gasteiger partial charge < -0.3 is 4.74 Å². The molecule has 0 bridgehead atoms. The summed E-state index contributed by atoms with van der Waals surface area (Å²) in [5.41, 5.74) is 0.649. The van der Waals surface area contributed by atoms with Gasteiger partial charge in [0.15, 0.2) is 0 Å². The molecule has 0 N–H and O–H groups in total. The molecule has 0 aromatic heterocycles. The van der Waals surface area contributed by atoms with E-state index in [-0.39, 0.29) is 0 Å². The average molecular weight is 252 g/mol. The summed E-state index contributed by atoms with van der Waals surface area (Å²) in [4.78, 5) is 0. The lowest BCUT2D eigenvalue weighted by atomic mass is 10.0. The minimum atomic E-state index is 0.575. The van der Waals surface area contributed by atoms with Crippen molar-refractivity contribution >= 4 is 22.6 Å². The fraction of sp³-hybridized carbons (Fsp3) is 1.00. The first-order valence-corrected chi connectivity index (χ1v) is 5.47. The van der Waals surface area contributed by atoms with Crippen LogP contribution in [0.1, 0.15) is 19.8 Å². The van der Waals surface area contributed by atoms with Crippen molar-refractivity contribution in [3.05, 3.63) is 0 Å². The zero-order chi connectivity index (χ0) is 7.19. The Labute approximate surface area is 75.7 Å². The van der Waals surface area contributed by atoms with E-state index in [1.807, 2.05) is 0 Å². The highest BCUT2D eigenvalue weighted by molar-refractivity contribution is 14.1. The van der Waals surface area contributed by atoms with E-state index in [1.54, 1.807) is 0 Å². The van der Waals surface area contributed by atoms with Crippen LogP contribution in [0.5, 0.6) is 0 Å². The van der Waals surface area contributed by atoms with Crippen molar-refractivity contribution in [1.82, 2.24) is 0 Å². The molecule has 1 heterocycles. The summed E-state index contributed by atoms with van der Waals surface area (Å²) in [7, 11) is 0. The fourth-order valence-corrected chi connectivity index (χ4v) is 2.56. The monoisotopic (exact) mass is 252 g/mol. The van der Waals surface area contributed by atoms with Gasteiger partial charge >= 0.3 is 0 Å². The Morgan fingerprint density at radius 1 is 1.60 bits per heavy atom. The molecule has 2 rings (SSSR count). The summed E-state index contributed by atoms with van der Waals surface area (Å²) in [5.74, 6) is 0.945. The van der Waals surface area contributed by atoms with Crippen LogP contribution < -0.4 is 0 Å². The second kappa shape index (κ2) is 2.34. The second-order valence-electron chi connectivity index (χ2n) is 3.76. The van der Waals surface area contributed by atoms with Crippen molar-refractivity contribution in [1.29, 1.82) is 0 Å². The smallest absolute Gasteiger partial charge is 0.0671 e. The molecule has 1 saturated carbocycles. The topological polar surface area (TPSA) is 9.23 Å². The molecule has 0 unspecified atom stereocenters. The molecule has 1 aliphatic heterocycles. The molecule has 1 nitrogen and oxygen atoms in total. The minimum Gasteiger partial charge on any atom is -0.377 e. The first-order chi connectivity index (χ1) is 4.77. The third kappa shape index (κ3) is 0.998. The molecule has 1 spiro atoms. The Hall–Kier alpha value is 0.690. The lowest BCUT2D eigenvalue weighted by molar-refractivity contribution is 0.122. The Bertz CT molecular complexity index is 148. The van der Waals surface area contributed by atoms with E-state index in [0.29, 0.717) is 11.5 Å². The number of halogens is 1. The predicted molar refractivity (Wildman–Crippen MR) is 49.5 cm³/mol. The first-order valence-electron chi connectivity index (χ1n) is 3.94. The van der Waals surface area contributed by atoms with Crippen LogP contribution in [0, 0.1) is 11.3 Å². The maximum atomic E-state index is 5.64. The van der Waals surface area contributed by atoms with E-state index >= 15 is 0 Å². The molecule has 2 heteroatoms. The zero-order valence-corrected chi connectivity index (χ0v) is 8.43. The van der Waals surface area contributed by atoms with Gasteiger partial charge in [0.1, 0.15) is 0 Å². The van der Waals surface area contributed by atoms with Gasteiger partial charge in [0.05, 0.1) is 12.7 Å². The Morgan fingerprint density at radius 3 is 2.60 bits per heavy atom. The lowest BCUT2D eigenvalue weighted by Gasteiger charge is -2.02. The van der Waals surface area contributed by atoms with E-state index in [0.717, 1.165) is 12.5 Å². The van der Waals surface area contributed by atoms with Crippen molar-refractivity contribution in [2.75, 3.05) is 11.0 Å². The average Bonchev–Trinajstić information content (AvgIpc) is 2.43. The van der Waals surface area contributed by atoms with Crippen LogP contribution in [0.2, 0.25) is 0 Å². The van der Waals surface area contributed by atoms with Gasteiger partial charge in [-0.15, -0.1) is 0 Å². The second-order valence-corrected chi connectivity index (χ2v) is 4.64. The normalized spacial score (nSPS) is 52.2. The molecular formula is C8H13IO. The van der Waals surface area contributed by atoms with Gasteiger partial charge in [0.2, 0.25) is 0 Å². The molecule has 0 aromatic rings. The molecule has 1 saturated heterocycles. The molecule has 58 valence electrons. The van der Waals surface area contributed by atoms with E-state index in [2.05, 4.69) is 29.5 Å². The summed E-state index contributed by atoms with van der Waals surface area (Å²) in [5, 5.41) is 0. The standard InChI is InChI=1S/C8H13IO/c1-6-2-8(6)3-7(4-9)10-5-8/h6-7H,2-5H2,1H3/t6-,7-,8+/m1/s1. The number of alkyl halides is 1. The molecule has 2 fully saturated rings. The van der Waals surface area contributed by atoms with Crippen molar-refractivity contribution in [2.24, 2.45) is 11.3 Å². The summed E-state index contributed by atoms with van der Waals surface area (Å²) >= 11 is 2.42. The lowest BCUT2D eigenvalue weighted by Crippen LogP contribution is -2.06. The maximum Gasteiger partial charge on any atom is 0.0671 e. The van der Waals surface area contributed by atoms with Crippen molar-refractivity contribution < 1.29 is 4.74 Å². The van der Waals surface area contributed by atoms with E-state index in [4.69, 9.17) is 4.74 Å². The van der Waals surface area contributed by atoms with Gasteiger partial charge in [-0.25, -0.2) is 0 Å².